The molecule has 2 nitrogen and oxygen atoms in total. The summed E-state index contributed by atoms with van der Waals surface area (Å²) in [7, 11) is 0. The van der Waals surface area contributed by atoms with Crippen LogP contribution in [0.3, 0.4) is 0 Å². The van der Waals surface area contributed by atoms with Crippen molar-refractivity contribution in [2.75, 3.05) is 11.4 Å². The predicted octanol–water partition coefficient (Wildman–Crippen LogP) is 4.07. The Labute approximate surface area is 124 Å². The molecule has 1 heterocycles. The zero-order valence-corrected chi connectivity index (χ0v) is 13.0. The summed E-state index contributed by atoms with van der Waals surface area (Å²) >= 11 is 3.74. The molecule has 2 fully saturated rings. The Kier molecular flexibility index (Phi) is 4.13. The molecular weight excluding hydrogens is 300 g/mol. The van der Waals surface area contributed by atoms with E-state index in [2.05, 4.69) is 39.0 Å². The van der Waals surface area contributed by atoms with Gasteiger partial charge in [-0.3, -0.25) is 0 Å². The Bertz CT molecular complexity index is 444. The standard InChI is InChI=1S/C16H23BrN2/c17-14-10-12(11-18)7-8-16(14)19-9-3-5-13-4-1-2-6-15(13)19/h7-8,10,13,15H,1-6,9,11,18H2/t13-,15-/m1/s1. The number of piperidine rings is 1. The van der Waals surface area contributed by atoms with E-state index in [0.717, 1.165) is 12.0 Å². The molecule has 2 aliphatic rings. The lowest BCUT2D eigenvalue weighted by Gasteiger charge is -2.45. The Morgan fingerprint density at radius 3 is 2.74 bits per heavy atom. The number of benzene rings is 1. The van der Waals surface area contributed by atoms with Gasteiger partial charge < -0.3 is 10.6 Å². The predicted molar refractivity (Wildman–Crippen MR) is 84.4 cm³/mol. The van der Waals surface area contributed by atoms with Crippen molar-refractivity contribution in [3.8, 4) is 0 Å². The topological polar surface area (TPSA) is 29.3 Å². The van der Waals surface area contributed by atoms with Gasteiger partial charge in [-0.25, -0.2) is 0 Å². The van der Waals surface area contributed by atoms with Gasteiger partial charge in [-0.2, -0.15) is 0 Å². The van der Waals surface area contributed by atoms with Gasteiger partial charge in [0, 0.05) is 23.6 Å². The second kappa shape index (κ2) is 5.84. The summed E-state index contributed by atoms with van der Waals surface area (Å²) in [6.07, 6.45) is 8.40. The number of rotatable bonds is 2. The van der Waals surface area contributed by atoms with Crippen molar-refractivity contribution in [1.29, 1.82) is 0 Å². The smallest absolute Gasteiger partial charge is 0.0513 e. The van der Waals surface area contributed by atoms with Crippen LogP contribution in [-0.4, -0.2) is 12.6 Å². The molecular formula is C16H23BrN2. The first-order valence-electron chi connectivity index (χ1n) is 7.54. The van der Waals surface area contributed by atoms with Crippen molar-refractivity contribution < 1.29 is 0 Å². The van der Waals surface area contributed by atoms with Gasteiger partial charge in [0.1, 0.15) is 0 Å². The van der Waals surface area contributed by atoms with Crippen LogP contribution in [0.1, 0.15) is 44.1 Å². The van der Waals surface area contributed by atoms with Crippen LogP contribution in [0.25, 0.3) is 0 Å². The number of anilines is 1. The first kappa shape index (κ1) is 13.4. The highest BCUT2D eigenvalue weighted by Crippen LogP contribution is 2.40. The van der Waals surface area contributed by atoms with E-state index < -0.39 is 0 Å². The van der Waals surface area contributed by atoms with Gasteiger partial charge in [0.05, 0.1) is 5.69 Å². The van der Waals surface area contributed by atoms with E-state index in [1.807, 2.05) is 0 Å². The number of nitrogens with zero attached hydrogens (tertiary/aromatic N) is 1. The zero-order valence-electron chi connectivity index (χ0n) is 11.4. The van der Waals surface area contributed by atoms with Gasteiger partial charge in [-0.05, 0) is 65.2 Å². The van der Waals surface area contributed by atoms with Crippen LogP contribution in [-0.2, 0) is 6.54 Å². The van der Waals surface area contributed by atoms with Gasteiger partial charge >= 0.3 is 0 Å². The van der Waals surface area contributed by atoms with Crippen LogP contribution in [0.2, 0.25) is 0 Å². The molecule has 0 amide bonds. The molecule has 0 aromatic heterocycles. The number of halogens is 1. The lowest BCUT2D eigenvalue weighted by atomic mass is 9.78. The summed E-state index contributed by atoms with van der Waals surface area (Å²) < 4.78 is 1.21. The van der Waals surface area contributed by atoms with E-state index in [0.29, 0.717) is 6.54 Å². The SMILES string of the molecule is NCc1ccc(N2CCC[C@H]3CCCC[C@H]32)c(Br)c1. The first-order chi connectivity index (χ1) is 9.29. The molecule has 0 radical (unpaired) electrons. The summed E-state index contributed by atoms with van der Waals surface area (Å²) in [4.78, 5) is 2.65. The van der Waals surface area contributed by atoms with E-state index in [4.69, 9.17) is 5.73 Å². The lowest BCUT2D eigenvalue weighted by Crippen LogP contribution is -2.47. The molecule has 2 atom stereocenters. The van der Waals surface area contributed by atoms with Crippen LogP contribution >= 0.6 is 15.9 Å². The minimum Gasteiger partial charge on any atom is -0.367 e. The van der Waals surface area contributed by atoms with Crippen molar-refractivity contribution >= 4 is 21.6 Å². The number of hydrogen-bond acceptors (Lipinski definition) is 2. The van der Waals surface area contributed by atoms with Crippen LogP contribution in [0, 0.1) is 5.92 Å². The molecule has 0 unspecified atom stereocenters. The second-order valence-electron chi connectivity index (χ2n) is 5.94. The van der Waals surface area contributed by atoms with Gasteiger partial charge in [0.2, 0.25) is 0 Å². The third kappa shape index (κ3) is 2.68. The molecule has 1 aromatic carbocycles. The average molecular weight is 323 g/mol. The third-order valence-corrected chi connectivity index (χ3v) is 5.44. The van der Waals surface area contributed by atoms with Gasteiger partial charge in [-0.15, -0.1) is 0 Å². The Morgan fingerprint density at radius 2 is 1.95 bits per heavy atom. The molecule has 104 valence electrons. The van der Waals surface area contributed by atoms with Crippen molar-refractivity contribution in [2.45, 2.75) is 51.1 Å². The average Bonchev–Trinajstić information content (AvgIpc) is 2.46. The van der Waals surface area contributed by atoms with E-state index in [9.17, 15) is 0 Å². The molecule has 3 rings (SSSR count). The van der Waals surface area contributed by atoms with Gasteiger partial charge in [0.15, 0.2) is 0 Å². The lowest BCUT2D eigenvalue weighted by molar-refractivity contribution is 0.243. The maximum Gasteiger partial charge on any atom is 0.0513 e. The highest BCUT2D eigenvalue weighted by Gasteiger charge is 2.33. The van der Waals surface area contributed by atoms with Crippen LogP contribution in [0.15, 0.2) is 22.7 Å². The molecule has 19 heavy (non-hydrogen) atoms. The monoisotopic (exact) mass is 322 g/mol. The Balaban J connectivity index is 1.87. The molecule has 2 N–H and O–H groups in total. The van der Waals surface area contributed by atoms with E-state index in [-0.39, 0.29) is 0 Å². The molecule has 1 saturated carbocycles. The molecule has 1 aromatic rings. The summed E-state index contributed by atoms with van der Waals surface area (Å²) in [5.41, 5.74) is 8.29. The van der Waals surface area contributed by atoms with Gasteiger partial charge in [0.25, 0.3) is 0 Å². The molecule has 3 heteroatoms. The van der Waals surface area contributed by atoms with E-state index in [1.54, 1.807) is 0 Å². The second-order valence-corrected chi connectivity index (χ2v) is 6.79. The fourth-order valence-electron chi connectivity index (χ4n) is 3.83. The van der Waals surface area contributed by atoms with Crippen LogP contribution in [0.4, 0.5) is 5.69 Å². The summed E-state index contributed by atoms with van der Waals surface area (Å²) in [6, 6.07) is 7.37. The fourth-order valence-corrected chi connectivity index (χ4v) is 4.49. The van der Waals surface area contributed by atoms with Crippen molar-refractivity contribution in [1.82, 2.24) is 0 Å². The quantitative estimate of drug-likeness (QED) is 0.889. The molecule has 1 aliphatic heterocycles. The summed E-state index contributed by atoms with van der Waals surface area (Å²) in [5.74, 6) is 0.920. The van der Waals surface area contributed by atoms with Crippen molar-refractivity contribution in [2.24, 2.45) is 11.7 Å². The van der Waals surface area contributed by atoms with E-state index in [1.165, 1.54) is 60.8 Å². The number of nitrogens with two attached hydrogens (primary N) is 1. The molecule has 0 spiro atoms. The minimum atomic E-state index is 0.616. The van der Waals surface area contributed by atoms with Crippen molar-refractivity contribution in [3.05, 3.63) is 28.2 Å². The summed E-state index contributed by atoms with van der Waals surface area (Å²) in [5, 5.41) is 0. The largest absolute Gasteiger partial charge is 0.367 e. The highest BCUT2D eigenvalue weighted by atomic mass is 79.9. The van der Waals surface area contributed by atoms with E-state index >= 15 is 0 Å². The Hall–Kier alpha value is -0.540. The summed E-state index contributed by atoms with van der Waals surface area (Å²) in [6.45, 7) is 1.83. The zero-order chi connectivity index (χ0) is 13.2. The maximum atomic E-state index is 5.72. The third-order valence-electron chi connectivity index (χ3n) is 4.80. The first-order valence-corrected chi connectivity index (χ1v) is 8.34. The molecule has 1 aliphatic carbocycles. The maximum absolute atomic E-state index is 5.72. The number of hydrogen-bond donors (Lipinski definition) is 1. The Morgan fingerprint density at radius 1 is 1.16 bits per heavy atom. The normalized spacial score (nSPS) is 27.2. The fraction of sp³-hybridized carbons (Fsp3) is 0.625. The van der Waals surface area contributed by atoms with Gasteiger partial charge in [-0.1, -0.05) is 18.9 Å². The van der Waals surface area contributed by atoms with Crippen LogP contribution in [0.5, 0.6) is 0 Å². The highest BCUT2D eigenvalue weighted by molar-refractivity contribution is 9.10. The molecule has 1 saturated heterocycles. The van der Waals surface area contributed by atoms with Crippen molar-refractivity contribution in [3.63, 3.8) is 0 Å². The molecule has 0 bridgehead atoms. The minimum absolute atomic E-state index is 0.616. The number of fused-ring (bicyclic) bond motifs is 1. The van der Waals surface area contributed by atoms with Crippen LogP contribution < -0.4 is 10.6 Å².